The van der Waals surface area contributed by atoms with Crippen molar-refractivity contribution >= 4 is 22.4 Å². The third-order valence-electron chi connectivity index (χ3n) is 5.85. The number of amides is 1. The van der Waals surface area contributed by atoms with Crippen molar-refractivity contribution < 1.29 is 14.3 Å². The van der Waals surface area contributed by atoms with Crippen LogP contribution in [0.15, 0.2) is 60.1 Å². The number of hydrogen-bond donors (Lipinski definition) is 1. The van der Waals surface area contributed by atoms with E-state index in [-0.39, 0.29) is 18.4 Å². The first kappa shape index (κ1) is 22.9. The predicted octanol–water partition coefficient (Wildman–Crippen LogP) is 5.81. The Morgan fingerprint density at radius 1 is 1.18 bits per heavy atom. The Balaban J connectivity index is 1.67. The Labute approximate surface area is 199 Å². The molecule has 0 radical (unpaired) electrons. The van der Waals surface area contributed by atoms with Gasteiger partial charge in [0.2, 0.25) is 5.91 Å². The maximum absolute atomic E-state index is 12.9. The highest BCUT2D eigenvalue weighted by Gasteiger charge is 2.30. The molecule has 33 heavy (non-hydrogen) atoms. The summed E-state index contributed by atoms with van der Waals surface area (Å²) in [4.78, 5) is 17.1. The van der Waals surface area contributed by atoms with Crippen LogP contribution in [-0.2, 0) is 10.2 Å². The van der Waals surface area contributed by atoms with Gasteiger partial charge in [-0.05, 0) is 62.4 Å². The zero-order valence-corrected chi connectivity index (χ0v) is 19.8. The average Bonchev–Trinajstić information content (AvgIpc) is 3.53. The van der Waals surface area contributed by atoms with Crippen molar-refractivity contribution in [1.29, 1.82) is 0 Å². The summed E-state index contributed by atoms with van der Waals surface area (Å²) in [6, 6.07) is 15.7. The number of aromatic nitrogens is 1. The van der Waals surface area contributed by atoms with Gasteiger partial charge in [-0.15, -0.1) is 11.3 Å². The van der Waals surface area contributed by atoms with Gasteiger partial charge >= 0.3 is 0 Å². The summed E-state index contributed by atoms with van der Waals surface area (Å²) >= 11 is 1.39. The highest BCUT2D eigenvalue weighted by atomic mass is 32.1. The molecule has 1 heterocycles. The molecule has 1 aliphatic rings. The molecule has 1 atom stereocenters. The molecule has 0 spiro atoms. The van der Waals surface area contributed by atoms with Gasteiger partial charge in [0.15, 0.2) is 16.6 Å². The van der Waals surface area contributed by atoms with Crippen LogP contribution in [0.25, 0.3) is 0 Å². The Morgan fingerprint density at radius 3 is 2.67 bits per heavy atom. The molecule has 2 aromatic carbocycles. The molecule has 5 nitrogen and oxygen atoms in total. The van der Waals surface area contributed by atoms with Crippen molar-refractivity contribution in [2.75, 3.05) is 12.4 Å². The molecule has 0 aliphatic heterocycles. The third-order valence-corrected chi connectivity index (χ3v) is 6.53. The molecule has 3 aromatic rings. The van der Waals surface area contributed by atoms with Crippen LogP contribution in [-0.4, -0.2) is 24.1 Å². The standard InChI is InChI=1S/C27H28N2O3S/c1-27(15-14-20-8-4-3-5-9-20,19-25(30)29-26-28-16-17-33-26)21-12-13-23(31-2)24(18-21)32-22-10-6-7-11-22/h3-5,8-9,12-13,16-18,22H,6-7,10-11,19H2,1-2H3,(H,28,29,30). The monoisotopic (exact) mass is 460 g/mol. The number of carbonyl (C=O) groups is 1. The molecule has 1 aliphatic carbocycles. The number of hydrogen-bond acceptors (Lipinski definition) is 5. The lowest BCUT2D eigenvalue weighted by atomic mass is 9.79. The van der Waals surface area contributed by atoms with Crippen molar-refractivity contribution in [3.8, 4) is 23.3 Å². The van der Waals surface area contributed by atoms with Crippen LogP contribution < -0.4 is 14.8 Å². The molecule has 170 valence electrons. The second-order valence-electron chi connectivity index (χ2n) is 8.40. The van der Waals surface area contributed by atoms with Gasteiger partial charge < -0.3 is 14.8 Å². The van der Waals surface area contributed by atoms with Crippen molar-refractivity contribution in [1.82, 2.24) is 4.98 Å². The lowest BCUT2D eigenvalue weighted by Crippen LogP contribution is -2.28. The van der Waals surface area contributed by atoms with Crippen LogP contribution in [0.4, 0.5) is 5.13 Å². The number of nitrogens with zero attached hydrogens (tertiary/aromatic N) is 1. The topological polar surface area (TPSA) is 60.5 Å². The van der Waals surface area contributed by atoms with Crippen molar-refractivity contribution in [3.63, 3.8) is 0 Å². The molecule has 1 fully saturated rings. The fraction of sp³-hybridized carbons (Fsp3) is 0.333. The molecular formula is C27H28N2O3S. The second-order valence-corrected chi connectivity index (χ2v) is 9.29. The normalized spacial score (nSPS) is 15.2. The van der Waals surface area contributed by atoms with Crippen molar-refractivity contribution in [3.05, 3.63) is 71.2 Å². The largest absolute Gasteiger partial charge is 0.493 e. The first-order valence-corrected chi connectivity index (χ1v) is 12.1. The van der Waals surface area contributed by atoms with Crippen molar-refractivity contribution in [2.24, 2.45) is 0 Å². The SMILES string of the molecule is COc1ccc(C(C)(C#Cc2ccccc2)CC(=O)Nc2nccs2)cc1OC1CCCC1. The number of thiazole rings is 1. The van der Waals surface area contributed by atoms with E-state index in [1.54, 1.807) is 13.3 Å². The number of benzene rings is 2. The lowest BCUT2D eigenvalue weighted by Gasteiger charge is -2.25. The van der Waals surface area contributed by atoms with Crippen LogP contribution in [0, 0.1) is 11.8 Å². The molecule has 1 aromatic heterocycles. The maximum atomic E-state index is 12.9. The number of carbonyl (C=O) groups excluding carboxylic acids is 1. The van der Waals surface area contributed by atoms with E-state index in [1.807, 2.05) is 60.8 Å². The molecule has 6 heteroatoms. The van der Waals surface area contributed by atoms with Crippen LogP contribution in [0.1, 0.15) is 50.2 Å². The van der Waals surface area contributed by atoms with Gasteiger partial charge in [-0.25, -0.2) is 4.98 Å². The van der Waals surface area contributed by atoms with Gasteiger partial charge in [-0.3, -0.25) is 4.79 Å². The fourth-order valence-electron chi connectivity index (χ4n) is 4.02. The number of nitrogens with one attached hydrogen (secondary N) is 1. The molecule has 1 N–H and O–H groups in total. The van der Waals surface area contributed by atoms with E-state index >= 15 is 0 Å². The van der Waals surface area contributed by atoms with E-state index in [2.05, 4.69) is 22.1 Å². The first-order chi connectivity index (χ1) is 16.1. The van der Waals surface area contributed by atoms with E-state index in [9.17, 15) is 4.79 Å². The minimum absolute atomic E-state index is 0.135. The van der Waals surface area contributed by atoms with Gasteiger partial charge in [0.05, 0.1) is 18.6 Å². The number of ether oxygens (including phenoxy) is 2. The van der Waals surface area contributed by atoms with Gasteiger partial charge in [0, 0.05) is 23.6 Å². The Morgan fingerprint density at radius 2 is 1.97 bits per heavy atom. The van der Waals surface area contributed by atoms with E-state index in [1.165, 1.54) is 24.2 Å². The number of anilines is 1. The second kappa shape index (κ2) is 10.5. The highest BCUT2D eigenvalue weighted by molar-refractivity contribution is 7.13. The van der Waals surface area contributed by atoms with Gasteiger partial charge in [0.1, 0.15) is 0 Å². The van der Waals surface area contributed by atoms with E-state index in [0.29, 0.717) is 16.6 Å². The maximum Gasteiger partial charge on any atom is 0.228 e. The summed E-state index contributed by atoms with van der Waals surface area (Å²) in [5.41, 5.74) is 1.08. The minimum Gasteiger partial charge on any atom is -0.493 e. The highest BCUT2D eigenvalue weighted by Crippen LogP contribution is 2.37. The molecular weight excluding hydrogens is 432 g/mol. The molecule has 0 bridgehead atoms. The fourth-order valence-corrected chi connectivity index (χ4v) is 4.56. The summed E-state index contributed by atoms with van der Waals surface area (Å²) in [6.45, 7) is 1.99. The van der Waals surface area contributed by atoms with Crippen LogP contribution in [0.5, 0.6) is 11.5 Å². The summed E-state index contributed by atoms with van der Waals surface area (Å²) in [6.07, 6.45) is 6.52. The Kier molecular flexibility index (Phi) is 7.31. The van der Waals surface area contributed by atoms with Crippen LogP contribution >= 0.6 is 11.3 Å². The van der Waals surface area contributed by atoms with Gasteiger partial charge in [-0.1, -0.05) is 36.1 Å². The number of rotatable bonds is 7. The first-order valence-electron chi connectivity index (χ1n) is 11.2. The molecule has 4 rings (SSSR count). The predicted molar refractivity (Wildman–Crippen MR) is 132 cm³/mol. The Hall–Kier alpha value is -3.30. The van der Waals surface area contributed by atoms with Gasteiger partial charge in [0.25, 0.3) is 0 Å². The summed E-state index contributed by atoms with van der Waals surface area (Å²) < 4.78 is 11.9. The smallest absolute Gasteiger partial charge is 0.228 e. The Bertz CT molecular complexity index is 1130. The molecule has 1 saturated carbocycles. The van der Waals surface area contributed by atoms with Crippen LogP contribution in [0.2, 0.25) is 0 Å². The average molecular weight is 461 g/mol. The minimum atomic E-state index is -0.739. The van der Waals surface area contributed by atoms with E-state index in [4.69, 9.17) is 9.47 Å². The summed E-state index contributed by atoms with van der Waals surface area (Å²) in [5, 5.41) is 5.30. The quantitative estimate of drug-likeness (QED) is 0.452. The zero-order valence-electron chi connectivity index (χ0n) is 19.0. The van der Waals surface area contributed by atoms with E-state index < -0.39 is 5.41 Å². The third kappa shape index (κ3) is 5.94. The van der Waals surface area contributed by atoms with E-state index in [0.717, 1.165) is 24.0 Å². The summed E-state index contributed by atoms with van der Waals surface area (Å²) in [5.74, 6) is 7.89. The van der Waals surface area contributed by atoms with Crippen LogP contribution in [0.3, 0.4) is 0 Å². The lowest BCUT2D eigenvalue weighted by molar-refractivity contribution is -0.116. The number of methoxy groups -OCH3 is 1. The molecule has 0 saturated heterocycles. The molecule has 1 unspecified atom stereocenters. The zero-order chi connectivity index (χ0) is 23.1. The summed E-state index contributed by atoms with van der Waals surface area (Å²) in [7, 11) is 1.65. The molecule has 1 amide bonds. The van der Waals surface area contributed by atoms with Gasteiger partial charge in [-0.2, -0.15) is 0 Å². The van der Waals surface area contributed by atoms with Crippen molar-refractivity contribution in [2.45, 2.75) is 50.5 Å².